The van der Waals surface area contributed by atoms with Gasteiger partial charge in [-0.15, -0.1) is 0 Å². The topological polar surface area (TPSA) is 17.3 Å². The predicted octanol–water partition coefficient (Wildman–Crippen LogP) is 4.12. The minimum Gasteiger partial charge on any atom is -0.306 e. The minimum absolute atomic E-state index is 0.463. The van der Waals surface area contributed by atoms with Gasteiger partial charge in [0.15, 0.2) is 0 Å². The Hall–Kier alpha value is -2.09. The van der Waals surface area contributed by atoms with E-state index in [0.717, 1.165) is 11.3 Å². The molecule has 0 aliphatic rings. The van der Waals surface area contributed by atoms with Crippen LogP contribution in [0.2, 0.25) is 0 Å². The Morgan fingerprint density at radius 1 is 0.889 bits per heavy atom. The van der Waals surface area contributed by atoms with Crippen LogP contribution in [0.15, 0.2) is 54.9 Å². The van der Waals surface area contributed by atoms with Gasteiger partial charge in [0, 0.05) is 12.4 Å². The molecule has 0 atom stereocenters. The first-order valence-corrected chi connectivity index (χ1v) is 6.28. The Bertz CT molecular complexity index is 666. The second-order valence-corrected chi connectivity index (χ2v) is 4.87. The molecule has 18 heavy (non-hydrogen) atoms. The van der Waals surface area contributed by atoms with E-state index in [1.807, 2.05) is 6.07 Å². The van der Waals surface area contributed by atoms with Crippen LogP contribution in [0.3, 0.4) is 0 Å². The number of nitrogens with zero attached hydrogens (tertiary/aromatic N) is 2. The van der Waals surface area contributed by atoms with Crippen molar-refractivity contribution >= 4 is 5.65 Å². The van der Waals surface area contributed by atoms with Gasteiger partial charge in [0.05, 0.1) is 5.69 Å². The predicted molar refractivity (Wildman–Crippen MR) is 74.7 cm³/mol. The third-order valence-corrected chi connectivity index (χ3v) is 3.17. The molecule has 0 fully saturated rings. The van der Waals surface area contributed by atoms with Gasteiger partial charge < -0.3 is 4.40 Å². The lowest BCUT2D eigenvalue weighted by Crippen LogP contribution is -1.85. The Labute approximate surface area is 107 Å². The molecule has 0 spiro atoms. The highest BCUT2D eigenvalue weighted by atomic mass is 15.0. The zero-order valence-corrected chi connectivity index (χ0v) is 10.7. The molecule has 0 aliphatic carbocycles. The van der Waals surface area contributed by atoms with E-state index in [2.05, 4.69) is 72.0 Å². The number of imidazole rings is 1. The number of benzene rings is 1. The zero-order valence-electron chi connectivity index (χ0n) is 10.7. The van der Waals surface area contributed by atoms with Crippen LogP contribution < -0.4 is 0 Å². The molecular weight excluding hydrogens is 220 g/mol. The zero-order chi connectivity index (χ0) is 12.5. The van der Waals surface area contributed by atoms with Gasteiger partial charge in [0.1, 0.15) is 5.65 Å². The van der Waals surface area contributed by atoms with Crippen molar-refractivity contribution in [3.05, 3.63) is 60.6 Å². The van der Waals surface area contributed by atoms with Crippen LogP contribution in [0, 0.1) is 0 Å². The quantitative estimate of drug-likeness (QED) is 0.654. The molecule has 0 bridgehead atoms. The van der Waals surface area contributed by atoms with E-state index < -0.39 is 0 Å². The third-order valence-electron chi connectivity index (χ3n) is 3.17. The lowest BCUT2D eigenvalue weighted by Gasteiger charge is -2.01. The van der Waals surface area contributed by atoms with Crippen LogP contribution in [0.5, 0.6) is 0 Å². The van der Waals surface area contributed by atoms with Gasteiger partial charge in [-0.25, -0.2) is 4.98 Å². The van der Waals surface area contributed by atoms with Gasteiger partial charge in [0.2, 0.25) is 0 Å². The maximum atomic E-state index is 4.61. The Morgan fingerprint density at radius 3 is 2.39 bits per heavy atom. The summed E-state index contributed by atoms with van der Waals surface area (Å²) in [6.07, 6.45) is 4.26. The fraction of sp³-hybridized carbons (Fsp3) is 0.188. The molecule has 0 amide bonds. The first-order valence-electron chi connectivity index (χ1n) is 6.28. The molecular formula is C16H16N2. The number of hydrogen-bond donors (Lipinski definition) is 0. The van der Waals surface area contributed by atoms with Crippen molar-refractivity contribution in [2.75, 3.05) is 0 Å². The fourth-order valence-corrected chi connectivity index (χ4v) is 2.09. The van der Waals surface area contributed by atoms with Gasteiger partial charge in [0.25, 0.3) is 0 Å². The molecule has 0 saturated carbocycles. The average molecular weight is 236 g/mol. The molecule has 2 nitrogen and oxygen atoms in total. The highest BCUT2D eigenvalue weighted by Gasteiger charge is 2.06. The average Bonchev–Trinajstić information content (AvgIpc) is 2.82. The highest BCUT2D eigenvalue weighted by Crippen LogP contribution is 2.21. The Kier molecular flexibility index (Phi) is 2.63. The smallest absolute Gasteiger partial charge is 0.137 e. The van der Waals surface area contributed by atoms with E-state index in [0.29, 0.717) is 5.92 Å². The summed E-state index contributed by atoms with van der Waals surface area (Å²) < 4.78 is 2.11. The molecule has 0 aliphatic heterocycles. The number of hydrogen-bond acceptors (Lipinski definition) is 1. The molecule has 3 rings (SSSR count). The second kappa shape index (κ2) is 4.30. The molecule has 0 radical (unpaired) electrons. The monoisotopic (exact) mass is 236 g/mol. The Morgan fingerprint density at radius 2 is 1.67 bits per heavy atom. The van der Waals surface area contributed by atoms with Gasteiger partial charge in [-0.1, -0.05) is 44.2 Å². The van der Waals surface area contributed by atoms with E-state index in [1.54, 1.807) is 0 Å². The summed E-state index contributed by atoms with van der Waals surface area (Å²) in [5.41, 5.74) is 4.61. The van der Waals surface area contributed by atoms with Crippen LogP contribution in [0.1, 0.15) is 25.5 Å². The summed E-state index contributed by atoms with van der Waals surface area (Å²) in [7, 11) is 0. The molecule has 0 unspecified atom stereocenters. The van der Waals surface area contributed by atoms with Crippen molar-refractivity contribution in [3.8, 4) is 11.1 Å². The van der Waals surface area contributed by atoms with Gasteiger partial charge >= 0.3 is 0 Å². The summed E-state index contributed by atoms with van der Waals surface area (Å²) in [4.78, 5) is 4.61. The van der Waals surface area contributed by atoms with E-state index in [9.17, 15) is 0 Å². The highest BCUT2D eigenvalue weighted by molar-refractivity contribution is 5.64. The second-order valence-electron chi connectivity index (χ2n) is 4.87. The van der Waals surface area contributed by atoms with Crippen molar-refractivity contribution in [2.45, 2.75) is 19.8 Å². The molecule has 0 saturated heterocycles. The molecule has 3 aromatic rings. The first-order chi connectivity index (χ1) is 8.74. The fourth-order valence-electron chi connectivity index (χ4n) is 2.09. The SMILES string of the molecule is CC(C)c1cn2cc(-c3ccccc3)ccc2n1. The number of aromatic nitrogens is 2. The largest absolute Gasteiger partial charge is 0.306 e. The van der Waals surface area contributed by atoms with Gasteiger partial charge in [-0.05, 0) is 29.2 Å². The number of fused-ring (bicyclic) bond motifs is 1. The summed E-state index contributed by atoms with van der Waals surface area (Å²) >= 11 is 0. The van der Waals surface area contributed by atoms with Crippen molar-refractivity contribution in [1.29, 1.82) is 0 Å². The number of rotatable bonds is 2. The van der Waals surface area contributed by atoms with Crippen LogP contribution in [0.25, 0.3) is 16.8 Å². The van der Waals surface area contributed by atoms with Gasteiger partial charge in [-0.3, -0.25) is 0 Å². The van der Waals surface area contributed by atoms with E-state index in [1.165, 1.54) is 11.1 Å². The maximum absolute atomic E-state index is 4.61. The summed E-state index contributed by atoms with van der Waals surface area (Å²) in [6, 6.07) is 14.6. The van der Waals surface area contributed by atoms with Crippen molar-refractivity contribution in [1.82, 2.24) is 9.38 Å². The van der Waals surface area contributed by atoms with Crippen molar-refractivity contribution < 1.29 is 0 Å². The number of pyridine rings is 1. The third kappa shape index (κ3) is 1.90. The summed E-state index contributed by atoms with van der Waals surface area (Å²) in [5.74, 6) is 0.463. The molecule has 90 valence electrons. The lowest BCUT2D eigenvalue weighted by atomic mass is 10.1. The van der Waals surface area contributed by atoms with Crippen molar-refractivity contribution in [3.63, 3.8) is 0 Å². The van der Waals surface area contributed by atoms with E-state index in [-0.39, 0.29) is 0 Å². The maximum Gasteiger partial charge on any atom is 0.137 e. The molecule has 2 heterocycles. The molecule has 1 aromatic carbocycles. The van der Waals surface area contributed by atoms with E-state index in [4.69, 9.17) is 0 Å². The van der Waals surface area contributed by atoms with Crippen LogP contribution in [-0.4, -0.2) is 9.38 Å². The van der Waals surface area contributed by atoms with Crippen LogP contribution >= 0.6 is 0 Å². The van der Waals surface area contributed by atoms with Crippen molar-refractivity contribution in [2.24, 2.45) is 0 Å². The first kappa shape index (κ1) is 11.0. The minimum atomic E-state index is 0.463. The van der Waals surface area contributed by atoms with Crippen LogP contribution in [0.4, 0.5) is 0 Å². The lowest BCUT2D eigenvalue weighted by molar-refractivity contribution is 0.834. The standard InChI is InChI=1S/C16H16N2/c1-12(2)15-11-18-10-14(8-9-16(18)17-15)13-6-4-3-5-7-13/h3-12H,1-2H3. The molecule has 2 aromatic heterocycles. The summed E-state index contributed by atoms with van der Waals surface area (Å²) in [6.45, 7) is 4.33. The molecule has 2 heteroatoms. The van der Waals surface area contributed by atoms with Gasteiger partial charge in [-0.2, -0.15) is 0 Å². The summed E-state index contributed by atoms with van der Waals surface area (Å²) in [5, 5.41) is 0. The molecule has 0 N–H and O–H groups in total. The normalized spacial score (nSPS) is 11.3. The van der Waals surface area contributed by atoms with E-state index >= 15 is 0 Å². The van der Waals surface area contributed by atoms with Crippen LogP contribution in [-0.2, 0) is 0 Å². The Balaban J connectivity index is 2.11.